The Labute approximate surface area is 159 Å². The first-order valence-electron chi connectivity index (χ1n) is 8.59. The predicted octanol–water partition coefficient (Wildman–Crippen LogP) is 4.19. The van der Waals surface area contributed by atoms with Gasteiger partial charge < -0.3 is 10.6 Å². The van der Waals surface area contributed by atoms with Crippen LogP contribution in [0.4, 0.5) is 24.7 Å². The molecule has 0 aliphatic heterocycles. The van der Waals surface area contributed by atoms with Crippen LogP contribution in [0.3, 0.4) is 0 Å². The molecule has 2 N–H and O–H groups in total. The third-order valence-corrected chi connectivity index (χ3v) is 3.97. The van der Waals surface area contributed by atoms with E-state index in [0.717, 1.165) is 25.0 Å². The van der Waals surface area contributed by atoms with Gasteiger partial charge in [-0.3, -0.25) is 4.79 Å². The second-order valence-corrected chi connectivity index (χ2v) is 5.98. The first kappa shape index (κ1) is 19.3. The summed E-state index contributed by atoms with van der Waals surface area (Å²) in [5, 5.41) is 5.26. The molecule has 0 bridgehead atoms. The number of halogens is 3. The molecular weight excluding hydrogens is 369 g/mol. The van der Waals surface area contributed by atoms with Crippen LogP contribution in [-0.2, 0) is 6.42 Å². The average molecular weight is 386 g/mol. The zero-order chi connectivity index (χ0) is 19.9. The molecule has 0 unspecified atom stereocenters. The van der Waals surface area contributed by atoms with E-state index in [1.807, 2.05) is 30.3 Å². The number of nitrogens with one attached hydrogen (secondary N) is 2. The largest absolute Gasteiger partial charge is 0.370 e. The second-order valence-electron chi connectivity index (χ2n) is 5.98. The third-order valence-electron chi connectivity index (χ3n) is 3.97. The smallest absolute Gasteiger partial charge is 0.274 e. The van der Waals surface area contributed by atoms with Crippen LogP contribution in [0.15, 0.2) is 54.9 Å². The molecule has 3 aromatic rings. The lowest BCUT2D eigenvalue weighted by Crippen LogP contribution is -2.16. The van der Waals surface area contributed by atoms with E-state index in [1.165, 1.54) is 18.0 Å². The summed E-state index contributed by atoms with van der Waals surface area (Å²) in [6.45, 7) is 0.630. The Kier molecular flexibility index (Phi) is 6.21. The third kappa shape index (κ3) is 4.85. The average Bonchev–Trinajstić information content (AvgIpc) is 2.72. The molecule has 3 rings (SSSR count). The van der Waals surface area contributed by atoms with Crippen LogP contribution >= 0.6 is 0 Å². The summed E-state index contributed by atoms with van der Waals surface area (Å²) in [7, 11) is 0. The number of anilines is 2. The van der Waals surface area contributed by atoms with Crippen molar-refractivity contribution >= 4 is 17.4 Å². The normalized spacial score (nSPS) is 10.5. The fourth-order valence-electron chi connectivity index (χ4n) is 2.54. The first-order valence-corrected chi connectivity index (χ1v) is 8.59. The van der Waals surface area contributed by atoms with Crippen molar-refractivity contribution in [3.05, 3.63) is 83.6 Å². The minimum Gasteiger partial charge on any atom is -0.370 e. The van der Waals surface area contributed by atoms with E-state index >= 15 is 0 Å². The number of amides is 1. The van der Waals surface area contributed by atoms with Crippen LogP contribution in [0.5, 0.6) is 0 Å². The van der Waals surface area contributed by atoms with Crippen molar-refractivity contribution in [2.75, 3.05) is 17.2 Å². The van der Waals surface area contributed by atoms with Crippen molar-refractivity contribution < 1.29 is 18.0 Å². The van der Waals surface area contributed by atoms with Gasteiger partial charge in [-0.1, -0.05) is 30.3 Å². The van der Waals surface area contributed by atoms with Gasteiger partial charge in [0.2, 0.25) is 0 Å². The lowest BCUT2D eigenvalue weighted by Gasteiger charge is -2.09. The second kappa shape index (κ2) is 8.98. The zero-order valence-corrected chi connectivity index (χ0v) is 14.8. The van der Waals surface area contributed by atoms with Gasteiger partial charge >= 0.3 is 0 Å². The van der Waals surface area contributed by atoms with Gasteiger partial charge in [0.15, 0.2) is 17.5 Å². The number of benzene rings is 2. The highest BCUT2D eigenvalue weighted by Crippen LogP contribution is 2.20. The van der Waals surface area contributed by atoms with E-state index in [2.05, 4.69) is 20.6 Å². The minimum atomic E-state index is -1.65. The summed E-state index contributed by atoms with van der Waals surface area (Å²) in [4.78, 5) is 20.1. The van der Waals surface area contributed by atoms with Gasteiger partial charge in [0, 0.05) is 12.6 Å². The summed E-state index contributed by atoms with van der Waals surface area (Å²) in [6, 6.07) is 13.1. The molecule has 8 heteroatoms. The predicted molar refractivity (Wildman–Crippen MR) is 99.6 cm³/mol. The fourth-order valence-corrected chi connectivity index (χ4v) is 2.54. The molecule has 5 nitrogen and oxygen atoms in total. The lowest BCUT2D eigenvalue weighted by molar-refractivity contribution is 0.102. The van der Waals surface area contributed by atoms with Gasteiger partial charge in [-0.25, -0.2) is 23.1 Å². The number of nitrogens with zero attached hydrogens (tertiary/aromatic N) is 2. The molecule has 28 heavy (non-hydrogen) atoms. The molecule has 0 spiro atoms. The van der Waals surface area contributed by atoms with Gasteiger partial charge in [-0.05, 0) is 30.5 Å². The SMILES string of the molecule is O=C(Nc1ccc(F)c(F)c1F)c1cc(NCCCc2ccccc2)ncn1. The Morgan fingerprint density at radius 3 is 2.54 bits per heavy atom. The Bertz CT molecular complexity index is 967. The fraction of sp³-hybridized carbons (Fsp3) is 0.150. The van der Waals surface area contributed by atoms with Crippen LogP contribution < -0.4 is 10.6 Å². The van der Waals surface area contributed by atoms with Crippen LogP contribution in [0, 0.1) is 17.5 Å². The van der Waals surface area contributed by atoms with E-state index in [-0.39, 0.29) is 5.69 Å². The van der Waals surface area contributed by atoms with E-state index in [0.29, 0.717) is 12.4 Å². The van der Waals surface area contributed by atoms with Crippen molar-refractivity contribution in [2.24, 2.45) is 0 Å². The molecule has 1 amide bonds. The Morgan fingerprint density at radius 2 is 1.75 bits per heavy atom. The summed E-state index contributed by atoms with van der Waals surface area (Å²) >= 11 is 0. The highest BCUT2D eigenvalue weighted by molar-refractivity contribution is 6.03. The van der Waals surface area contributed by atoms with Gasteiger partial charge in [0.05, 0.1) is 5.69 Å². The van der Waals surface area contributed by atoms with E-state index in [9.17, 15) is 18.0 Å². The number of carbonyl (C=O) groups excluding carboxylic acids is 1. The first-order chi connectivity index (χ1) is 13.5. The maximum Gasteiger partial charge on any atom is 0.274 e. The quantitative estimate of drug-likeness (QED) is 0.472. The molecule has 144 valence electrons. The number of rotatable bonds is 7. The molecular formula is C20H17F3N4O. The topological polar surface area (TPSA) is 66.9 Å². The molecule has 1 aromatic heterocycles. The van der Waals surface area contributed by atoms with Crippen molar-refractivity contribution in [3.63, 3.8) is 0 Å². The molecule has 0 aliphatic carbocycles. The molecule has 0 atom stereocenters. The van der Waals surface area contributed by atoms with Crippen molar-refractivity contribution in [3.8, 4) is 0 Å². The monoisotopic (exact) mass is 386 g/mol. The van der Waals surface area contributed by atoms with Gasteiger partial charge in [-0.2, -0.15) is 0 Å². The highest BCUT2D eigenvalue weighted by atomic mass is 19.2. The number of carbonyl (C=O) groups is 1. The molecule has 0 aliphatic rings. The van der Waals surface area contributed by atoms with Gasteiger partial charge in [0.1, 0.15) is 17.8 Å². The summed E-state index contributed by atoms with van der Waals surface area (Å²) in [6.07, 6.45) is 2.94. The van der Waals surface area contributed by atoms with E-state index in [1.54, 1.807) is 0 Å². The van der Waals surface area contributed by atoms with Crippen LogP contribution in [0.25, 0.3) is 0 Å². The van der Waals surface area contributed by atoms with Crippen molar-refractivity contribution in [1.82, 2.24) is 9.97 Å². The van der Waals surface area contributed by atoms with Gasteiger partial charge in [-0.15, -0.1) is 0 Å². The Hall–Kier alpha value is -3.42. The van der Waals surface area contributed by atoms with Crippen molar-refractivity contribution in [1.29, 1.82) is 0 Å². The maximum absolute atomic E-state index is 13.7. The minimum absolute atomic E-state index is 0.0373. The van der Waals surface area contributed by atoms with E-state index in [4.69, 9.17) is 0 Å². The number of aryl methyl sites for hydroxylation is 1. The van der Waals surface area contributed by atoms with Crippen LogP contribution in [0.2, 0.25) is 0 Å². The highest BCUT2D eigenvalue weighted by Gasteiger charge is 2.17. The van der Waals surface area contributed by atoms with Crippen molar-refractivity contribution in [2.45, 2.75) is 12.8 Å². The number of hydrogen-bond donors (Lipinski definition) is 2. The Morgan fingerprint density at radius 1 is 0.964 bits per heavy atom. The molecule has 2 aromatic carbocycles. The summed E-state index contributed by atoms with van der Waals surface area (Å²) in [5.74, 6) is -4.79. The Balaban J connectivity index is 1.58. The molecule has 1 heterocycles. The van der Waals surface area contributed by atoms with Gasteiger partial charge in [0.25, 0.3) is 5.91 Å². The van der Waals surface area contributed by atoms with E-state index < -0.39 is 29.0 Å². The molecule has 0 saturated carbocycles. The number of hydrogen-bond acceptors (Lipinski definition) is 4. The zero-order valence-electron chi connectivity index (χ0n) is 14.8. The van der Waals surface area contributed by atoms with Crippen LogP contribution in [-0.4, -0.2) is 22.4 Å². The standard InChI is InChI=1S/C20H17F3N4O/c21-14-8-9-15(19(23)18(14)22)27-20(28)16-11-17(26-12-25-16)24-10-4-7-13-5-2-1-3-6-13/h1-3,5-6,8-9,11-12H,4,7,10H2,(H,27,28)(H,24,25,26). The molecule has 0 radical (unpaired) electrons. The maximum atomic E-state index is 13.7. The summed E-state index contributed by atoms with van der Waals surface area (Å²) in [5.41, 5.74) is 0.713. The lowest BCUT2D eigenvalue weighted by atomic mass is 10.1. The molecule has 0 fully saturated rings. The summed E-state index contributed by atoms with van der Waals surface area (Å²) < 4.78 is 39.9. The number of aromatic nitrogens is 2. The van der Waals surface area contributed by atoms with Crippen LogP contribution in [0.1, 0.15) is 22.5 Å². The molecule has 0 saturated heterocycles.